The van der Waals surface area contributed by atoms with Crippen molar-refractivity contribution in [3.05, 3.63) is 74.1 Å². The van der Waals surface area contributed by atoms with Gasteiger partial charge in [-0.3, -0.25) is 9.69 Å². The quantitative estimate of drug-likeness (QED) is 0.566. The van der Waals surface area contributed by atoms with Gasteiger partial charge in [0, 0.05) is 22.8 Å². The van der Waals surface area contributed by atoms with Gasteiger partial charge in [0.2, 0.25) is 15.9 Å². The number of carbonyl (C=O) groups excluding carboxylic acids is 1. The van der Waals surface area contributed by atoms with Crippen molar-refractivity contribution in [1.82, 2.24) is 10.2 Å². The molecule has 3 N–H and O–H groups in total. The van der Waals surface area contributed by atoms with Gasteiger partial charge >= 0.3 is 0 Å². The van der Waals surface area contributed by atoms with Crippen LogP contribution in [0.2, 0.25) is 0 Å². The number of primary sulfonamides is 1. The van der Waals surface area contributed by atoms with E-state index in [2.05, 4.69) is 39.2 Å². The van der Waals surface area contributed by atoms with Gasteiger partial charge in [0.05, 0.1) is 17.5 Å². The first-order chi connectivity index (χ1) is 14.4. The fraction of sp³-hybridized carbons (Fsp3) is 0.286. The van der Waals surface area contributed by atoms with Crippen LogP contribution in [-0.4, -0.2) is 38.9 Å². The van der Waals surface area contributed by atoms with E-state index in [-0.39, 0.29) is 16.8 Å². The lowest BCUT2D eigenvalue weighted by Crippen LogP contribution is -2.42. The summed E-state index contributed by atoms with van der Waals surface area (Å²) in [4.78, 5) is 17.6. The van der Waals surface area contributed by atoms with Crippen LogP contribution >= 0.6 is 22.7 Å². The normalized spacial score (nSPS) is 16.9. The molecule has 1 aliphatic heterocycles. The van der Waals surface area contributed by atoms with Gasteiger partial charge in [0.25, 0.3) is 0 Å². The standard InChI is InChI=1S/C21H23N3O3S3/c22-30(26,27)16-5-3-15(4-6-16)7-10-23-20(25)14-24-11-8-18-17(9-13-29-18)21(24)19-2-1-12-28-19/h1-6,9,12-13,21H,7-8,10-11,14H2,(H,23,25)(H2,22,26,27)/t21-/m0/s1. The zero-order valence-corrected chi connectivity index (χ0v) is 18.7. The molecule has 0 saturated carbocycles. The van der Waals surface area contributed by atoms with Gasteiger partial charge in [0.1, 0.15) is 0 Å². The molecule has 30 heavy (non-hydrogen) atoms. The number of thiophene rings is 2. The topological polar surface area (TPSA) is 92.5 Å². The van der Waals surface area contributed by atoms with Gasteiger partial charge in [-0.2, -0.15) is 0 Å². The van der Waals surface area contributed by atoms with Crippen LogP contribution in [0.15, 0.2) is 58.1 Å². The highest BCUT2D eigenvalue weighted by Gasteiger charge is 2.31. The molecule has 1 aromatic carbocycles. The number of nitrogens with two attached hydrogens (primary N) is 1. The SMILES string of the molecule is NS(=O)(=O)c1ccc(CCNC(=O)CN2CCc3sccc3[C@H]2c2cccs2)cc1. The Morgan fingerprint density at radius 1 is 1.13 bits per heavy atom. The van der Waals surface area contributed by atoms with E-state index in [1.807, 2.05) is 0 Å². The molecule has 0 aliphatic carbocycles. The molecule has 0 fully saturated rings. The van der Waals surface area contributed by atoms with Gasteiger partial charge < -0.3 is 5.32 Å². The van der Waals surface area contributed by atoms with Gasteiger partial charge in [-0.1, -0.05) is 18.2 Å². The summed E-state index contributed by atoms with van der Waals surface area (Å²) in [7, 11) is -3.68. The van der Waals surface area contributed by atoms with Gasteiger partial charge in [-0.15, -0.1) is 22.7 Å². The smallest absolute Gasteiger partial charge is 0.238 e. The Balaban J connectivity index is 1.34. The van der Waals surface area contributed by atoms with Crippen LogP contribution in [0.5, 0.6) is 0 Å². The number of nitrogens with one attached hydrogen (secondary N) is 1. The Labute approximate surface area is 184 Å². The van der Waals surface area contributed by atoms with E-state index in [0.29, 0.717) is 19.5 Å². The van der Waals surface area contributed by atoms with Gasteiger partial charge in [0.15, 0.2) is 0 Å². The maximum absolute atomic E-state index is 12.6. The Bertz CT molecular complexity index is 1110. The number of rotatable bonds is 7. The summed E-state index contributed by atoms with van der Waals surface area (Å²) >= 11 is 3.52. The number of hydrogen-bond acceptors (Lipinski definition) is 6. The minimum atomic E-state index is -3.68. The molecule has 0 radical (unpaired) electrons. The lowest BCUT2D eigenvalue weighted by Gasteiger charge is -2.34. The van der Waals surface area contributed by atoms with E-state index in [4.69, 9.17) is 5.14 Å². The van der Waals surface area contributed by atoms with Crippen molar-refractivity contribution in [1.29, 1.82) is 0 Å². The molecule has 1 amide bonds. The van der Waals surface area contributed by atoms with E-state index >= 15 is 0 Å². The molecule has 158 valence electrons. The molecule has 9 heteroatoms. The van der Waals surface area contributed by atoms with Crippen molar-refractivity contribution < 1.29 is 13.2 Å². The summed E-state index contributed by atoms with van der Waals surface area (Å²) in [5, 5.41) is 12.3. The fourth-order valence-electron chi connectivity index (χ4n) is 3.75. The molecular formula is C21H23N3O3S3. The number of amides is 1. The predicted octanol–water partition coefficient (Wildman–Crippen LogP) is 2.76. The van der Waals surface area contributed by atoms with Crippen LogP contribution in [0, 0.1) is 0 Å². The monoisotopic (exact) mass is 461 g/mol. The Kier molecular flexibility index (Phi) is 6.35. The summed E-state index contributed by atoms with van der Waals surface area (Å²) in [5.41, 5.74) is 2.26. The maximum Gasteiger partial charge on any atom is 0.238 e. The predicted molar refractivity (Wildman–Crippen MR) is 120 cm³/mol. The number of fused-ring (bicyclic) bond motifs is 1. The molecule has 3 aromatic rings. The van der Waals surface area contributed by atoms with Crippen molar-refractivity contribution in [2.45, 2.75) is 23.8 Å². The van der Waals surface area contributed by atoms with Crippen molar-refractivity contribution in [2.75, 3.05) is 19.6 Å². The lowest BCUT2D eigenvalue weighted by atomic mass is 9.98. The lowest BCUT2D eigenvalue weighted by molar-refractivity contribution is -0.122. The molecule has 0 spiro atoms. The highest BCUT2D eigenvalue weighted by atomic mass is 32.2. The largest absolute Gasteiger partial charge is 0.355 e. The van der Waals surface area contributed by atoms with Crippen LogP contribution < -0.4 is 10.5 Å². The Morgan fingerprint density at radius 2 is 1.93 bits per heavy atom. The molecule has 0 bridgehead atoms. The average molecular weight is 462 g/mol. The number of carbonyl (C=O) groups is 1. The number of sulfonamides is 1. The summed E-state index contributed by atoms with van der Waals surface area (Å²) in [5.74, 6) is -0.00334. The van der Waals surface area contributed by atoms with Crippen LogP contribution in [0.1, 0.15) is 26.9 Å². The Morgan fingerprint density at radius 3 is 2.63 bits per heavy atom. The third kappa shape index (κ3) is 4.81. The van der Waals surface area contributed by atoms with E-state index < -0.39 is 10.0 Å². The second kappa shape index (κ2) is 8.99. The van der Waals surface area contributed by atoms with Crippen molar-refractivity contribution in [3.63, 3.8) is 0 Å². The highest BCUT2D eigenvalue weighted by molar-refractivity contribution is 7.89. The van der Waals surface area contributed by atoms with Gasteiger partial charge in [-0.05, 0) is 59.0 Å². The fourth-order valence-corrected chi connectivity index (χ4v) is 6.05. The molecular weight excluding hydrogens is 438 g/mol. The first-order valence-electron chi connectivity index (χ1n) is 9.64. The van der Waals surface area contributed by atoms with E-state index in [1.165, 1.54) is 27.5 Å². The summed E-state index contributed by atoms with van der Waals surface area (Å²) in [6.45, 7) is 1.70. The molecule has 1 atom stereocenters. The first-order valence-corrected chi connectivity index (χ1v) is 12.9. The summed E-state index contributed by atoms with van der Waals surface area (Å²) in [6, 6.07) is 12.9. The van der Waals surface area contributed by atoms with Crippen molar-refractivity contribution in [3.8, 4) is 0 Å². The maximum atomic E-state index is 12.6. The van der Waals surface area contributed by atoms with Crippen LogP contribution in [0.25, 0.3) is 0 Å². The van der Waals surface area contributed by atoms with Crippen LogP contribution in [0.3, 0.4) is 0 Å². The van der Waals surface area contributed by atoms with Crippen molar-refractivity contribution >= 4 is 38.6 Å². The zero-order valence-electron chi connectivity index (χ0n) is 16.3. The molecule has 4 rings (SSSR count). The highest BCUT2D eigenvalue weighted by Crippen LogP contribution is 2.39. The first kappa shape index (κ1) is 21.2. The molecule has 3 heterocycles. The minimum Gasteiger partial charge on any atom is -0.355 e. The number of benzene rings is 1. The second-order valence-corrected chi connectivity index (χ2v) is 10.8. The molecule has 0 saturated heterocycles. The second-order valence-electron chi connectivity index (χ2n) is 7.23. The van der Waals surface area contributed by atoms with Crippen LogP contribution in [-0.2, 0) is 27.7 Å². The summed E-state index contributed by atoms with van der Waals surface area (Å²) < 4.78 is 22.7. The van der Waals surface area contributed by atoms with Gasteiger partial charge in [-0.25, -0.2) is 13.6 Å². The number of nitrogens with zero attached hydrogens (tertiary/aromatic N) is 1. The molecule has 6 nitrogen and oxygen atoms in total. The zero-order chi connectivity index (χ0) is 21.1. The van der Waals surface area contributed by atoms with E-state index in [9.17, 15) is 13.2 Å². The molecule has 2 aromatic heterocycles. The van der Waals surface area contributed by atoms with Crippen LogP contribution in [0.4, 0.5) is 0 Å². The molecule has 0 unspecified atom stereocenters. The number of hydrogen-bond donors (Lipinski definition) is 2. The minimum absolute atomic E-state index is 0.00334. The summed E-state index contributed by atoms with van der Waals surface area (Å²) in [6.07, 6.45) is 1.60. The average Bonchev–Trinajstić information content (AvgIpc) is 3.39. The third-order valence-electron chi connectivity index (χ3n) is 5.21. The van der Waals surface area contributed by atoms with Crippen molar-refractivity contribution in [2.24, 2.45) is 5.14 Å². The molecule has 1 aliphatic rings. The Hall–Kier alpha value is -2.04. The van der Waals surface area contributed by atoms with E-state index in [0.717, 1.165) is 18.5 Å². The van der Waals surface area contributed by atoms with E-state index in [1.54, 1.807) is 34.8 Å². The third-order valence-corrected chi connectivity index (χ3v) is 8.06.